The molecule has 0 atom stereocenters. The third-order valence-electron chi connectivity index (χ3n) is 16.7. The average molecular weight is 1820 g/mol. The molecule has 2 aromatic carbocycles. The summed E-state index contributed by atoms with van der Waals surface area (Å²) in [6, 6.07) is 3.21. The number of aryl methyl sites for hydroxylation is 2. The molecule has 58 heteroatoms. The summed E-state index contributed by atoms with van der Waals surface area (Å²) in [5, 5.41) is 0. The van der Waals surface area contributed by atoms with E-state index in [0.717, 1.165) is 18.2 Å². The molecule has 1 aliphatic heterocycles. The van der Waals surface area contributed by atoms with Crippen molar-refractivity contribution >= 4 is 5.97 Å². The maximum Gasteiger partial charge on any atom is 0.460 e. The number of esters is 1. The van der Waals surface area contributed by atoms with Crippen molar-refractivity contribution < 1.29 is 257 Å². The highest BCUT2D eigenvalue weighted by molar-refractivity contribution is 5.90. The highest BCUT2D eigenvalue weighted by Crippen LogP contribution is 2.69. The van der Waals surface area contributed by atoms with Crippen LogP contribution < -0.4 is 9.47 Å². The summed E-state index contributed by atoms with van der Waals surface area (Å²) in [5.74, 6) is -185. The first-order chi connectivity index (χ1) is 51.3. The predicted molar refractivity (Wildman–Crippen MR) is 280 cm³/mol. The van der Waals surface area contributed by atoms with E-state index in [1.165, 1.54) is 0 Å². The molecule has 7 nitrogen and oxygen atoms in total. The zero-order valence-electron chi connectivity index (χ0n) is 55.9. The monoisotopic (exact) mass is 1820 g/mol. The third-order valence-corrected chi connectivity index (χ3v) is 16.7. The molecule has 0 spiro atoms. The van der Waals surface area contributed by atoms with Gasteiger partial charge in [0.05, 0.1) is 45.2 Å². The molecular weight excluding hydrogens is 1780 g/mol. The van der Waals surface area contributed by atoms with Crippen molar-refractivity contribution in [2.24, 2.45) is 0 Å². The van der Waals surface area contributed by atoms with Crippen LogP contribution in [0.3, 0.4) is 0 Å². The van der Waals surface area contributed by atoms with Gasteiger partial charge in [-0.3, -0.25) is 0 Å². The Hall–Kier alpha value is -6.18. The second kappa shape index (κ2) is 33.7. The SMILES string of the molecule is O=C(OCc1ccc2c(c1)OCCOCCOCCOCCO2)c1cc(CCCCC(F)(F)C(F)(F)C(F)(F)C(F)(F)C(F)(F)C(F)(F)C(F)(F)C(F)(F)F)c(CCCCC(F)(F)C(F)(F)C(F)(F)C(F)(F)C(F)(F)C(F)(F)C(F)(F)C(F)(F)F)c(CCCCC(F)(F)C(F)(F)C(F)(F)C(F)(F)C(F)(F)C(F)(F)C(F)(F)C(F)(F)F)c1. The van der Waals surface area contributed by atoms with E-state index in [1.54, 1.807) is 0 Å². The number of hydrogen-bond acceptors (Lipinski definition) is 7. The van der Waals surface area contributed by atoms with E-state index in [9.17, 15) is 202 Å². The number of ether oxygens (including phenoxy) is 6. The van der Waals surface area contributed by atoms with Gasteiger partial charge in [-0.2, -0.15) is 224 Å². The molecular formula is C58H47F51O7. The van der Waals surface area contributed by atoms with Gasteiger partial charge in [0.25, 0.3) is 0 Å². The van der Waals surface area contributed by atoms with E-state index in [2.05, 4.69) is 0 Å². The van der Waals surface area contributed by atoms with Gasteiger partial charge in [-0.05, 0) is 104 Å². The lowest BCUT2D eigenvalue weighted by Gasteiger charge is -2.42. The largest absolute Gasteiger partial charge is 0.487 e. The highest BCUT2D eigenvalue weighted by atomic mass is 19.5. The maximum atomic E-state index is 15.1. The van der Waals surface area contributed by atoms with Crippen molar-refractivity contribution in [3.63, 3.8) is 0 Å². The zero-order valence-corrected chi connectivity index (χ0v) is 55.9. The van der Waals surface area contributed by atoms with Crippen molar-refractivity contribution in [2.45, 2.75) is 227 Å². The fraction of sp³-hybridized carbons (Fsp3) is 0.776. The molecule has 0 radical (unpaired) electrons. The normalized spacial score (nSPS) is 16.8. The number of benzene rings is 2. The van der Waals surface area contributed by atoms with Gasteiger partial charge in [-0.15, -0.1) is 0 Å². The summed E-state index contributed by atoms with van der Waals surface area (Å²) in [7, 11) is 0. The van der Waals surface area contributed by atoms with Crippen molar-refractivity contribution in [2.75, 3.05) is 52.9 Å². The lowest BCUT2D eigenvalue weighted by Crippen LogP contribution is -2.74. The van der Waals surface area contributed by atoms with Crippen molar-refractivity contribution in [3.8, 4) is 11.5 Å². The van der Waals surface area contributed by atoms with E-state index < -0.39 is 255 Å². The molecule has 2 aromatic rings. The van der Waals surface area contributed by atoms with Crippen LogP contribution in [0, 0.1) is 0 Å². The fourth-order valence-electron chi connectivity index (χ4n) is 9.79. The standard InChI is InChI=1S/C58H47F51O7/c59-35(60,38(65,66)41(71,72)44(77,78)47(83,84)50(89,90)53(95,96)56(101,102)103)12-4-1-7-28-24-30(34(110)116-26-27-10-11-32-33(23-27)115-22-20-113-18-16-111-15-17-112-19-21-114-32)25-29(8-2-5-13-36(61,62)39(67,68)42(73,74)45(79,80)48(85,86)51(91,92)54(97,98)57(104,105)106)31(28)9-3-6-14-37(63,64)40(69,70)43(75,76)46(81,82)49(87,88)52(93,94)55(99,100)58(107,108)109/h10-11,23-25H,1-9,12-22,26H2. The molecule has 1 aliphatic rings. The van der Waals surface area contributed by atoms with E-state index in [1.807, 2.05) is 0 Å². The second-order valence-corrected chi connectivity index (χ2v) is 24.7. The number of alkyl halides is 51. The first-order valence-electron chi connectivity index (χ1n) is 30.9. The van der Waals surface area contributed by atoms with E-state index in [0.29, 0.717) is 0 Å². The van der Waals surface area contributed by atoms with Crippen molar-refractivity contribution in [1.29, 1.82) is 0 Å². The summed E-state index contributed by atoms with van der Waals surface area (Å²) >= 11 is 0. The molecule has 0 N–H and O–H groups in total. The van der Waals surface area contributed by atoms with Crippen LogP contribution in [0.15, 0.2) is 30.3 Å². The Morgan fingerprint density at radius 2 is 0.500 bits per heavy atom. The first-order valence-corrected chi connectivity index (χ1v) is 30.9. The smallest absolute Gasteiger partial charge is 0.460 e. The number of hydrogen-bond donors (Lipinski definition) is 0. The van der Waals surface area contributed by atoms with Gasteiger partial charge >= 0.3 is 149 Å². The van der Waals surface area contributed by atoms with E-state index in [-0.39, 0.29) is 82.1 Å². The van der Waals surface area contributed by atoms with Crippen LogP contribution in [0.4, 0.5) is 224 Å². The minimum Gasteiger partial charge on any atom is -0.487 e. The highest BCUT2D eigenvalue weighted by Gasteiger charge is 2.99. The molecule has 0 fully saturated rings. The number of carbonyl (C=O) groups excluding carboxylic acids is 1. The molecule has 0 saturated carbocycles. The van der Waals surface area contributed by atoms with Crippen LogP contribution in [0.25, 0.3) is 0 Å². The van der Waals surface area contributed by atoms with Crippen LogP contribution in [-0.2, 0) is 44.8 Å². The molecule has 0 aromatic heterocycles. The Bertz CT molecular complexity index is 3470. The van der Waals surface area contributed by atoms with Crippen LogP contribution >= 0.6 is 0 Å². The fourth-order valence-corrected chi connectivity index (χ4v) is 9.79. The number of rotatable bonds is 36. The quantitative estimate of drug-likeness (QED) is 0.0382. The van der Waals surface area contributed by atoms with Crippen LogP contribution in [-0.4, -0.2) is 202 Å². The molecule has 0 unspecified atom stereocenters. The molecule has 116 heavy (non-hydrogen) atoms. The van der Waals surface area contributed by atoms with Crippen LogP contribution in [0.5, 0.6) is 11.5 Å². The average Bonchev–Trinajstić information content (AvgIpc) is 0.704. The topological polar surface area (TPSA) is 72.5 Å². The maximum absolute atomic E-state index is 15.1. The molecule has 0 saturated heterocycles. The molecule has 678 valence electrons. The first kappa shape index (κ1) is 104. The second-order valence-electron chi connectivity index (χ2n) is 24.7. The van der Waals surface area contributed by atoms with Gasteiger partial charge in [-0.1, -0.05) is 6.07 Å². The summed E-state index contributed by atoms with van der Waals surface area (Å²) in [6.07, 6.45) is -52.5. The summed E-state index contributed by atoms with van der Waals surface area (Å²) in [6.45, 7) is -2.34. The van der Waals surface area contributed by atoms with Crippen molar-refractivity contribution in [1.82, 2.24) is 0 Å². The molecule has 1 heterocycles. The van der Waals surface area contributed by atoms with E-state index in [4.69, 9.17) is 28.4 Å². The van der Waals surface area contributed by atoms with Crippen LogP contribution in [0.2, 0.25) is 0 Å². The zero-order chi connectivity index (χ0) is 91.2. The summed E-state index contributed by atoms with van der Waals surface area (Å²) < 4.78 is 749. The third kappa shape index (κ3) is 18.1. The number of fused-ring (bicyclic) bond motifs is 1. The Labute approximate surface area is 612 Å². The lowest BCUT2D eigenvalue weighted by atomic mass is 9.86. The summed E-state index contributed by atoms with van der Waals surface area (Å²) in [4.78, 5) is 13.9. The molecule has 3 rings (SSSR count). The Balaban J connectivity index is 2.37. The van der Waals surface area contributed by atoms with Gasteiger partial charge in [-0.25, -0.2) is 4.79 Å². The molecule has 0 aliphatic carbocycles. The predicted octanol–water partition coefficient (Wildman–Crippen LogP) is 23.0. The van der Waals surface area contributed by atoms with Gasteiger partial charge < -0.3 is 28.4 Å². The number of unbranched alkanes of at least 4 members (excludes halogenated alkanes) is 3. The van der Waals surface area contributed by atoms with E-state index >= 15 is 26.3 Å². The minimum absolute atomic E-state index is 0.00772. The lowest BCUT2D eigenvalue weighted by molar-refractivity contribution is -0.461. The summed E-state index contributed by atoms with van der Waals surface area (Å²) in [5.41, 5.74) is -5.51. The van der Waals surface area contributed by atoms with Crippen molar-refractivity contribution in [3.05, 3.63) is 58.1 Å². The van der Waals surface area contributed by atoms with Gasteiger partial charge in [0.15, 0.2) is 11.5 Å². The Morgan fingerprint density at radius 1 is 0.267 bits per heavy atom. The number of carbonyl (C=O) groups is 1. The number of halogens is 51. The Kier molecular flexibility index (Phi) is 30.2. The minimum atomic E-state index is -9.23. The molecule has 0 bridgehead atoms. The molecule has 0 amide bonds. The van der Waals surface area contributed by atoms with Gasteiger partial charge in [0.2, 0.25) is 0 Å². The van der Waals surface area contributed by atoms with Gasteiger partial charge in [0.1, 0.15) is 19.8 Å². The van der Waals surface area contributed by atoms with Crippen LogP contribution in [0.1, 0.15) is 90.4 Å². The Morgan fingerprint density at radius 3 is 0.767 bits per heavy atom. The van der Waals surface area contributed by atoms with Gasteiger partial charge in [0, 0.05) is 19.3 Å².